The van der Waals surface area contributed by atoms with Crippen LogP contribution in [0.4, 0.5) is 0 Å². The van der Waals surface area contributed by atoms with Crippen molar-refractivity contribution in [2.45, 2.75) is 0 Å². The van der Waals surface area contributed by atoms with E-state index in [9.17, 15) is 0 Å². The molecule has 7 heavy (non-hydrogen) atoms. The van der Waals surface area contributed by atoms with E-state index in [2.05, 4.69) is 0 Å². The molecule has 0 heterocycles. The summed E-state index contributed by atoms with van der Waals surface area (Å²) in [5.74, 6) is 0. The first-order chi connectivity index (χ1) is 1.73. The van der Waals surface area contributed by atoms with Crippen molar-refractivity contribution >= 4 is 139 Å². The first-order valence-corrected chi connectivity index (χ1v) is 1.95. The average Bonchev–Trinajstić information content (AvgIpc) is 0.811. The summed E-state index contributed by atoms with van der Waals surface area (Å²) in [6, 6.07) is 0. The van der Waals surface area contributed by atoms with Gasteiger partial charge in [-0.25, -0.2) is 0 Å². The van der Waals surface area contributed by atoms with Crippen LogP contribution in [-0.4, -0.2) is 149 Å². The zero-order valence-electron chi connectivity index (χ0n) is 1.80. The minimum atomic E-state index is -3.13. The molecule has 0 saturated heterocycles. The maximum atomic E-state index is 8.74. The third-order valence-corrected chi connectivity index (χ3v) is 0. The molecule has 0 spiro atoms. The first-order valence-electron chi connectivity index (χ1n) is 0.651. The van der Waals surface area contributed by atoms with Gasteiger partial charge in [-0.2, -0.15) is 0 Å². The van der Waals surface area contributed by atoms with E-state index in [1.807, 2.05) is 0 Å². The van der Waals surface area contributed by atoms with Gasteiger partial charge >= 0.3 is 139 Å². The summed E-state index contributed by atoms with van der Waals surface area (Å²) in [4.78, 5) is 14.3. The Balaban J connectivity index is -0.0000000150. The SMILES string of the molecule is O=[Si](O)O.[BaH2].[KH].[NaH]. The maximum absolute atomic E-state index is 8.74. The van der Waals surface area contributed by atoms with Crippen LogP contribution in [0.3, 0.4) is 0 Å². The fourth-order valence-corrected chi connectivity index (χ4v) is 0. The van der Waals surface area contributed by atoms with Crippen molar-refractivity contribution in [1.29, 1.82) is 0 Å². The predicted molar refractivity (Wildman–Crippen MR) is 33.7 cm³/mol. The second-order valence-corrected chi connectivity index (χ2v) is 0.848. The molecular formula is H6BaKNaO3Si. The standard InChI is InChI=1S/Ba.K.Na.H2O3Si.4H/c;;;1-4(2)3;;;;/h;;;1-2H;;;;. The van der Waals surface area contributed by atoms with Crippen LogP contribution in [0, 0.1) is 0 Å². The fourth-order valence-electron chi connectivity index (χ4n) is 0. The van der Waals surface area contributed by atoms with Gasteiger partial charge in [-0.3, -0.25) is 4.46 Å². The van der Waals surface area contributed by atoms with Gasteiger partial charge in [0, 0.05) is 0 Å². The Morgan fingerprint density at radius 2 is 1.29 bits per heavy atom. The minimum absolute atomic E-state index is 0. The summed E-state index contributed by atoms with van der Waals surface area (Å²) in [6.07, 6.45) is 0. The molecule has 0 rings (SSSR count). The molecule has 3 nitrogen and oxygen atoms in total. The molecule has 0 bridgehead atoms. The Labute approximate surface area is 148 Å². The van der Waals surface area contributed by atoms with Gasteiger partial charge in [0.1, 0.15) is 0 Å². The monoisotopic (exact) mass is 282 g/mol. The number of hydrogen-bond donors (Lipinski definition) is 2. The van der Waals surface area contributed by atoms with Gasteiger partial charge in [0.2, 0.25) is 0 Å². The van der Waals surface area contributed by atoms with Crippen LogP contribution in [0.15, 0.2) is 0 Å². The van der Waals surface area contributed by atoms with E-state index in [-0.39, 0.29) is 130 Å². The van der Waals surface area contributed by atoms with Crippen LogP contribution in [0.25, 0.3) is 0 Å². The van der Waals surface area contributed by atoms with Crippen LogP contribution in [-0.2, 0) is 4.46 Å². The third kappa shape index (κ3) is 41.1. The average molecular weight is 282 g/mol. The van der Waals surface area contributed by atoms with E-state index in [1.165, 1.54) is 0 Å². The molecule has 0 aliphatic carbocycles. The molecule has 32 valence electrons. The van der Waals surface area contributed by atoms with E-state index < -0.39 is 9.17 Å². The quantitative estimate of drug-likeness (QED) is 0.448. The molecule has 0 aromatic heterocycles. The van der Waals surface area contributed by atoms with Gasteiger partial charge < -0.3 is 9.59 Å². The molecule has 7 heteroatoms. The summed E-state index contributed by atoms with van der Waals surface area (Å²) in [5.41, 5.74) is 0. The van der Waals surface area contributed by atoms with Gasteiger partial charge in [0.25, 0.3) is 0 Å². The van der Waals surface area contributed by atoms with Crippen molar-refractivity contribution in [2.75, 3.05) is 0 Å². The van der Waals surface area contributed by atoms with E-state index in [1.54, 1.807) is 0 Å². The Morgan fingerprint density at radius 1 is 1.29 bits per heavy atom. The van der Waals surface area contributed by atoms with Crippen LogP contribution in [0.2, 0.25) is 0 Å². The van der Waals surface area contributed by atoms with Crippen LogP contribution < -0.4 is 0 Å². The Bertz CT molecular complexity index is 37.9. The number of rotatable bonds is 0. The molecule has 0 unspecified atom stereocenters. The Kier molecular flexibility index (Phi) is 52.6. The zero-order chi connectivity index (χ0) is 3.58. The van der Waals surface area contributed by atoms with Crippen LogP contribution >= 0.6 is 0 Å². The van der Waals surface area contributed by atoms with Crippen molar-refractivity contribution in [3.8, 4) is 0 Å². The fraction of sp³-hybridized carbons (Fsp3) is 0. The van der Waals surface area contributed by atoms with Gasteiger partial charge in [-0.05, 0) is 0 Å². The summed E-state index contributed by atoms with van der Waals surface area (Å²) in [5, 5.41) is 0. The molecule has 0 saturated carbocycles. The zero-order valence-corrected chi connectivity index (χ0v) is 2.80. The van der Waals surface area contributed by atoms with Gasteiger partial charge in [0.15, 0.2) is 0 Å². The van der Waals surface area contributed by atoms with Gasteiger partial charge in [-0.1, -0.05) is 0 Å². The third-order valence-electron chi connectivity index (χ3n) is 0. The summed E-state index contributed by atoms with van der Waals surface area (Å²) in [7, 11) is -3.13. The molecule has 0 radical (unpaired) electrons. The molecule has 2 N–H and O–H groups in total. The molecule has 0 aromatic rings. The number of hydrogen-bond acceptors (Lipinski definition) is 1. The molecule has 0 aliphatic heterocycles. The van der Waals surface area contributed by atoms with Gasteiger partial charge in [-0.15, -0.1) is 0 Å². The van der Waals surface area contributed by atoms with Crippen molar-refractivity contribution in [1.82, 2.24) is 0 Å². The molecular weight excluding hydrogens is 275 g/mol. The Hall–Kier alpha value is 3.82. The molecule has 0 aliphatic rings. The Morgan fingerprint density at radius 3 is 1.29 bits per heavy atom. The van der Waals surface area contributed by atoms with Crippen molar-refractivity contribution in [2.24, 2.45) is 0 Å². The molecule has 0 aromatic carbocycles. The van der Waals surface area contributed by atoms with E-state index >= 15 is 0 Å². The summed E-state index contributed by atoms with van der Waals surface area (Å²) in [6.45, 7) is 0. The second-order valence-electron chi connectivity index (χ2n) is 0.283. The van der Waals surface area contributed by atoms with Crippen molar-refractivity contribution in [3.63, 3.8) is 0 Å². The van der Waals surface area contributed by atoms with Gasteiger partial charge in [0.05, 0.1) is 0 Å². The van der Waals surface area contributed by atoms with Crippen molar-refractivity contribution in [3.05, 3.63) is 0 Å². The van der Waals surface area contributed by atoms with E-state index in [0.717, 1.165) is 0 Å². The molecule has 0 fully saturated rings. The molecule has 0 amide bonds. The predicted octanol–water partition coefficient (Wildman–Crippen LogP) is -3.83. The van der Waals surface area contributed by atoms with Crippen LogP contribution in [0.1, 0.15) is 0 Å². The van der Waals surface area contributed by atoms with E-state index in [4.69, 9.17) is 14.1 Å². The summed E-state index contributed by atoms with van der Waals surface area (Å²) >= 11 is 0. The normalized spacial score (nSPS) is 3.43. The summed E-state index contributed by atoms with van der Waals surface area (Å²) < 4.78 is 8.74. The topological polar surface area (TPSA) is 57.5 Å². The second kappa shape index (κ2) is 16.4. The van der Waals surface area contributed by atoms with Crippen LogP contribution in [0.5, 0.6) is 0 Å². The molecule has 0 atom stereocenters. The van der Waals surface area contributed by atoms with Crippen molar-refractivity contribution < 1.29 is 14.1 Å². The van der Waals surface area contributed by atoms with E-state index in [0.29, 0.717) is 0 Å². The first kappa shape index (κ1) is 22.4.